The minimum absolute atomic E-state index is 0.318. The molecule has 3 fully saturated rings. The number of nitrogen functional groups attached to an aromatic ring is 1. The Bertz CT molecular complexity index is 497. The van der Waals surface area contributed by atoms with Gasteiger partial charge in [0.1, 0.15) is 17.5 Å². The maximum atomic E-state index is 5.88. The van der Waals surface area contributed by atoms with Crippen LogP contribution in [0.5, 0.6) is 0 Å². The molecule has 0 amide bonds. The summed E-state index contributed by atoms with van der Waals surface area (Å²) in [6.07, 6.45) is 4.39. The SMILES string of the molecule is CC(C)c1nc(N)cc(NC2C3C4CCC(C4)C23)n1. The molecule has 1 aromatic heterocycles. The van der Waals surface area contributed by atoms with Gasteiger partial charge in [-0.05, 0) is 42.9 Å². The molecular weight excluding hydrogens is 236 g/mol. The third-order valence-corrected chi connectivity index (χ3v) is 5.33. The summed E-state index contributed by atoms with van der Waals surface area (Å²) in [5.74, 6) is 6.46. The molecule has 0 aliphatic heterocycles. The summed E-state index contributed by atoms with van der Waals surface area (Å²) >= 11 is 0. The molecule has 0 aromatic carbocycles. The van der Waals surface area contributed by atoms with E-state index in [1.807, 2.05) is 6.07 Å². The Morgan fingerprint density at radius 3 is 2.53 bits per heavy atom. The Hall–Kier alpha value is -1.32. The van der Waals surface area contributed by atoms with Gasteiger partial charge in [0.05, 0.1) is 0 Å². The van der Waals surface area contributed by atoms with Crippen LogP contribution < -0.4 is 11.1 Å². The van der Waals surface area contributed by atoms with E-state index in [1.165, 1.54) is 19.3 Å². The molecule has 4 atom stereocenters. The van der Waals surface area contributed by atoms with Gasteiger partial charge in [0.25, 0.3) is 0 Å². The van der Waals surface area contributed by atoms with Crippen molar-refractivity contribution in [2.45, 2.75) is 45.1 Å². The largest absolute Gasteiger partial charge is 0.384 e. The highest BCUT2D eigenvalue weighted by atomic mass is 15.1. The fourth-order valence-corrected chi connectivity index (χ4v) is 4.51. The molecule has 19 heavy (non-hydrogen) atoms. The monoisotopic (exact) mass is 258 g/mol. The second-order valence-corrected chi connectivity index (χ2v) is 6.85. The van der Waals surface area contributed by atoms with Crippen LogP contribution >= 0.6 is 0 Å². The minimum Gasteiger partial charge on any atom is -0.384 e. The van der Waals surface area contributed by atoms with Gasteiger partial charge in [0.15, 0.2) is 0 Å². The lowest BCUT2D eigenvalue weighted by atomic mass is 10.0. The molecule has 4 heteroatoms. The third-order valence-electron chi connectivity index (χ3n) is 5.33. The molecule has 4 nitrogen and oxygen atoms in total. The topological polar surface area (TPSA) is 63.8 Å². The molecule has 3 aliphatic carbocycles. The third kappa shape index (κ3) is 1.72. The molecule has 3 aliphatic rings. The van der Waals surface area contributed by atoms with Gasteiger partial charge < -0.3 is 11.1 Å². The second kappa shape index (κ2) is 3.84. The molecule has 3 N–H and O–H groups in total. The number of nitrogens with one attached hydrogen (secondary N) is 1. The number of rotatable bonds is 3. The molecule has 2 bridgehead atoms. The normalized spacial score (nSPS) is 38.6. The van der Waals surface area contributed by atoms with Gasteiger partial charge in [-0.1, -0.05) is 13.8 Å². The first-order valence-electron chi connectivity index (χ1n) is 7.54. The average Bonchev–Trinajstić information content (AvgIpc) is 2.77. The van der Waals surface area contributed by atoms with Crippen LogP contribution in [-0.4, -0.2) is 16.0 Å². The van der Waals surface area contributed by atoms with Crippen molar-refractivity contribution in [3.05, 3.63) is 11.9 Å². The molecule has 1 heterocycles. The van der Waals surface area contributed by atoms with E-state index in [4.69, 9.17) is 5.73 Å². The Labute approximate surface area is 114 Å². The van der Waals surface area contributed by atoms with Gasteiger partial charge >= 0.3 is 0 Å². The zero-order valence-electron chi connectivity index (χ0n) is 11.6. The van der Waals surface area contributed by atoms with Crippen molar-refractivity contribution in [1.82, 2.24) is 9.97 Å². The molecule has 102 valence electrons. The predicted molar refractivity (Wildman–Crippen MR) is 75.8 cm³/mol. The van der Waals surface area contributed by atoms with Crippen LogP contribution in [0.3, 0.4) is 0 Å². The summed E-state index contributed by atoms with van der Waals surface area (Å²) in [6.45, 7) is 4.20. The van der Waals surface area contributed by atoms with Crippen molar-refractivity contribution in [2.24, 2.45) is 23.7 Å². The lowest BCUT2D eigenvalue weighted by molar-refractivity contribution is 0.456. The first-order valence-corrected chi connectivity index (χ1v) is 7.54. The number of fused-ring (bicyclic) bond motifs is 5. The minimum atomic E-state index is 0.318. The van der Waals surface area contributed by atoms with E-state index >= 15 is 0 Å². The van der Waals surface area contributed by atoms with E-state index in [2.05, 4.69) is 29.1 Å². The first kappa shape index (κ1) is 11.5. The molecule has 0 radical (unpaired) electrons. The zero-order valence-corrected chi connectivity index (χ0v) is 11.6. The van der Waals surface area contributed by atoms with Crippen LogP contribution in [0.15, 0.2) is 6.07 Å². The summed E-state index contributed by atoms with van der Waals surface area (Å²) < 4.78 is 0. The van der Waals surface area contributed by atoms with Gasteiger partial charge in [-0.2, -0.15) is 0 Å². The quantitative estimate of drug-likeness (QED) is 0.875. The first-order chi connectivity index (χ1) is 9.13. The number of aromatic nitrogens is 2. The molecule has 3 saturated carbocycles. The second-order valence-electron chi connectivity index (χ2n) is 6.85. The highest BCUT2D eigenvalue weighted by Gasteiger charge is 2.65. The van der Waals surface area contributed by atoms with Gasteiger partial charge in [0.2, 0.25) is 0 Å². The van der Waals surface area contributed by atoms with Crippen molar-refractivity contribution in [3.8, 4) is 0 Å². The Morgan fingerprint density at radius 2 is 1.89 bits per heavy atom. The van der Waals surface area contributed by atoms with Crippen LogP contribution in [0.2, 0.25) is 0 Å². The maximum Gasteiger partial charge on any atom is 0.135 e. The molecular formula is C15H22N4. The van der Waals surface area contributed by atoms with E-state index < -0.39 is 0 Å². The van der Waals surface area contributed by atoms with Gasteiger partial charge in [-0.3, -0.25) is 0 Å². The lowest BCUT2D eigenvalue weighted by Crippen LogP contribution is -2.15. The van der Waals surface area contributed by atoms with E-state index in [0.29, 0.717) is 17.8 Å². The molecule has 0 spiro atoms. The van der Waals surface area contributed by atoms with E-state index in [0.717, 1.165) is 35.3 Å². The van der Waals surface area contributed by atoms with Crippen molar-refractivity contribution in [2.75, 3.05) is 11.1 Å². The van der Waals surface area contributed by atoms with Gasteiger partial charge in [0, 0.05) is 18.0 Å². The van der Waals surface area contributed by atoms with Crippen LogP contribution in [-0.2, 0) is 0 Å². The van der Waals surface area contributed by atoms with Crippen LogP contribution in [0.1, 0.15) is 44.9 Å². The van der Waals surface area contributed by atoms with Gasteiger partial charge in [-0.25, -0.2) is 9.97 Å². The van der Waals surface area contributed by atoms with E-state index in [9.17, 15) is 0 Å². The molecule has 4 unspecified atom stereocenters. The highest BCUT2D eigenvalue weighted by Crippen LogP contribution is 2.66. The van der Waals surface area contributed by atoms with Crippen molar-refractivity contribution < 1.29 is 0 Å². The smallest absolute Gasteiger partial charge is 0.135 e. The lowest BCUT2D eigenvalue weighted by Gasteiger charge is -2.13. The Morgan fingerprint density at radius 1 is 1.21 bits per heavy atom. The Balaban J connectivity index is 1.52. The fraction of sp³-hybridized carbons (Fsp3) is 0.733. The van der Waals surface area contributed by atoms with Crippen LogP contribution in [0.25, 0.3) is 0 Å². The average molecular weight is 258 g/mol. The number of hydrogen-bond donors (Lipinski definition) is 2. The summed E-state index contributed by atoms with van der Waals surface area (Å²) in [5.41, 5.74) is 5.88. The van der Waals surface area contributed by atoms with Crippen molar-refractivity contribution in [3.63, 3.8) is 0 Å². The molecule has 1 aromatic rings. The number of hydrogen-bond acceptors (Lipinski definition) is 4. The standard InChI is InChI=1S/C15H22N4/c1-7(2)15-17-10(16)6-11(19-15)18-14-12-8-3-4-9(5-8)13(12)14/h6-9,12-14H,3-5H2,1-2H3,(H3,16,17,18,19). The summed E-state index contributed by atoms with van der Waals surface area (Å²) in [6, 6.07) is 2.53. The number of nitrogens with two attached hydrogens (primary N) is 1. The Kier molecular flexibility index (Phi) is 2.32. The summed E-state index contributed by atoms with van der Waals surface area (Å²) in [7, 11) is 0. The maximum absolute atomic E-state index is 5.88. The number of nitrogens with zero attached hydrogens (tertiary/aromatic N) is 2. The van der Waals surface area contributed by atoms with Gasteiger partial charge in [-0.15, -0.1) is 0 Å². The fourth-order valence-electron chi connectivity index (χ4n) is 4.51. The molecule has 4 rings (SSSR count). The van der Waals surface area contributed by atoms with Crippen molar-refractivity contribution in [1.29, 1.82) is 0 Å². The predicted octanol–water partition coefficient (Wildman–Crippen LogP) is 2.64. The summed E-state index contributed by atoms with van der Waals surface area (Å²) in [5, 5.41) is 3.62. The zero-order chi connectivity index (χ0) is 13.1. The summed E-state index contributed by atoms with van der Waals surface area (Å²) in [4.78, 5) is 8.91. The van der Waals surface area contributed by atoms with E-state index in [1.54, 1.807) is 0 Å². The van der Waals surface area contributed by atoms with Crippen LogP contribution in [0, 0.1) is 23.7 Å². The van der Waals surface area contributed by atoms with Crippen molar-refractivity contribution >= 4 is 11.6 Å². The highest BCUT2D eigenvalue weighted by molar-refractivity contribution is 5.47. The van der Waals surface area contributed by atoms with Crippen LogP contribution in [0.4, 0.5) is 11.6 Å². The van der Waals surface area contributed by atoms with E-state index in [-0.39, 0.29) is 0 Å². The number of anilines is 2. The molecule has 0 saturated heterocycles.